The Balaban J connectivity index is 2.33. The minimum Gasteiger partial charge on any atom is -0.383 e. The fraction of sp³-hybridized carbons (Fsp3) is 0.364. The number of nitrogens with two attached hydrogens (primary N) is 2. The largest absolute Gasteiger partial charge is 0.383 e. The Kier molecular flexibility index (Phi) is 2.93. The van der Waals surface area contributed by atoms with Crippen LogP contribution in [-0.2, 0) is 0 Å². The summed E-state index contributed by atoms with van der Waals surface area (Å²) in [4.78, 5) is 4.05. The van der Waals surface area contributed by atoms with Crippen LogP contribution in [0.1, 0.15) is 24.8 Å². The first-order valence-corrected chi connectivity index (χ1v) is 5.40. The average Bonchev–Trinajstić information content (AvgIpc) is 2.23. The molecule has 1 aromatic rings. The van der Waals surface area contributed by atoms with Crippen molar-refractivity contribution < 1.29 is 0 Å². The zero-order valence-corrected chi connectivity index (χ0v) is 9.17. The van der Waals surface area contributed by atoms with Crippen LogP contribution in [0, 0.1) is 0 Å². The molecular weight excluding hydrogens is 210 g/mol. The van der Waals surface area contributed by atoms with Gasteiger partial charge < -0.3 is 11.5 Å². The van der Waals surface area contributed by atoms with Crippen LogP contribution in [0.4, 0.5) is 5.82 Å². The highest BCUT2D eigenvalue weighted by Crippen LogP contribution is 2.30. The molecule has 0 radical (unpaired) electrons. The monoisotopic (exact) mass is 223 g/mol. The van der Waals surface area contributed by atoms with Crippen molar-refractivity contribution in [2.75, 3.05) is 5.73 Å². The Morgan fingerprint density at radius 2 is 2.27 bits per heavy atom. The Labute approximate surface area is 94.1 Å². The lowest BCUT2D eigenvalue weighted by Crippen LogP contribution is -2.21. The Bertz CT molecular complexity index is 401. The highest BCUT2D eigenvalue weighted by molar-refractivity contribution is 6.30. The van der Waals surface area contributed by atoms with E-state index in [4.69, 9.17) is 23.1 Å². The third-order valence-electron chi connectivity index (χ3n) is 2.68. The summed E-state index contributed by atoms with van der Waals surface area (Å²) in [5.74, 6) is 0.543. The maximum atomic E-state index is 5.89. The van der Waals surface area contributed by atoms with E-state index in [1.807, 2.05) is 6.07 Å². The van der Waals surface area contributed by atoms with E-state index in [0.717, 1.165) is 24.8 Å². The van der Waals surface area contributed by atoms with Crippen LogP contribution in [0.5, 0.6) is 0 Å². The third kappa shape index (κ3) is 2.30. The molecule has 0 saturated carbocycles. The predicted molar refractivity (Wildman–Crippen MR) is 63.5 cm³/mol. The minimum absolute atomic E-state index is 0.280. The van der Waals surface area contributed by atoms with E-state index < -0.39 is 0 Å². The molecule has 0 amide bonds. The predicted octanol–water partition coefficient (Wildman–Crippen LogP) is 2.21. The minimum atomic E-state index is 0.280. The van der Waals surface area contributed by atoms with E-state index in [2.05, 4.69) is 11.1 Å². The number of hydrogen-bond acceptors (Lipinski definition) is 3. The molecule has 1 heterocycles. The molecule has 80 valence electrons. The van der Waals surface area contributed by atoms with Crippen molar-refractivity contribution in [3.63, 3.8) is 0 Å². The molecule has 4 N–H and O–H groups in total. The summed E-state index contributed by atoms with van der Waals surface area (Å²) in [6.45, 7) is 0. The number of nitrogen functional groups attached to an aromatic ring is 1. The summed E-state index contributed by atoms with van der Waals surface area (Å²) in [5.41, 5.74) is 13.8. The van der Waals surface area contributed by atoms with Crippen LogP contribution < -0.4 is 11.5 Å². The number of rotatable bonds is 1. The van der Waals surface area contributed by atoms with Gasteiger partial charge in [-0.15, -0.1) is 0 Å². The van der Waals surface area contributed by atoms with Gasteiger partial charge in [0.1, 0.15) is 5.82 Å². The van der Waals surface area contributed by atoms with E-state index in [0.29, 0.717) is 10.8 Å². The fourth-order valence-corrected chi connectivity index (χ4v) is 1.96. The van der Waals surface area contributed by atoms with Gasteiger partial charge in [-0.05, 0) is 30.9 Å². The van der Waals surface area contributed by atoms with Crippen molar-refractivity contribution in [1.29, 1.82) is 0 Å². The van der Waals surface area contributed by atoms with Crippen LogP contribution >= 0.6 is 11.6 Å². The van der Waals surface area contributed by atoms with Gasteiger partial charge in [0.25, 0.3) is 0 Å². The molecule has 1 aliphatic carbocycles. The smallest absolute Gasteiger partial charge is 0.130 e. The molecule has 3 nitrogen and oxygen atoms in total. The second-order valence-corrected chi connectivity index (χ2v) is 4.29. The normalized spacial score (nSPS) is 21.2. The second-order valence-electron chi connectivity index (χ2n) is 3.85. The van der Waals surface area contributed by atoms with E-state index in [-0.39, 0.29) is 6.04 Å². The Morgan fingerprint density at radius 3 is 2.93 bits per heavy atom. The van der Waals surface area contributed by atoms with Gasteiger partial charge in [0.15, 0.2) is 0 Å². The van der Waals surface area contributed by atoms with E-state index >= 15 is 0 Å². The van der Waals surface area contributed by atoms with Crippen LogP contribution in [0.2, 0.25) is 5.02 Å². The van der Waals surface area contributed by atoms with Crippen molar-refractivity contribution in [2.24, 2.45) is 5.73 Å². The molecule has 0 saturated heterocycles. The quantitative estimate of drug-likeness (QED) is 0.767. The van der Waals surface area contributed by atoms with E-state index in [1.165, 1.54) is 5.57 Å². The number of pyridine rings is 1. The SMILES string of the molecule is Nc1ncc(Cl)cc1C1=CCC(N)CC1. The van der Waals surface area contributed by atoms with Crippen molar-refractivity contribution in [1.82, 2.24) is 4.98 Å². The second kappa shape index (κ2) is 4.21. The molecule has 4 heteroatoms. The van der Waals surface area contributed by atoms with Crippen LogP contribution in [0.25, 0.3) is 5.57 Å². The van der Waals surface area contributed by atoms with E-state index in [1.54, 1.807) is 6.20 Å². The van der Waals surface area contributed by atoms with Crippen LogP contribution in [0.3, 0.4) is 0 Å². The third-order valence-corrected chi connectivity index (χ3v) is 2.89. The molecule has 0 aliphatic heterocycles. The maximum absolute atomic E-state index is 5.89. The van der Waals surface area contributed by atoms with Gasteiger partial charge in [-0.2, -0.15) is 0 Å². The van der Waals surface area contributed by atoms with Crippen LogP contribution in [0.15, 0.2) is 18.3 Å². The molecule has 1 aromatic heterocycles. The van der Waals surface area contributed by atoms with Crippen molar-refractivity contribution in [3.8, 4) is 0 Å². The molecule has 1 aliphatic rings. The lowest BCUT2D eigenvalue weighted by molar-refractivity contribution is 0.614. The van der Waals surface area contributed by atoms with Gasteiger partial charge in [-0.3, -0.25) is 0 Å². The fourth-order valence-electron chi connectivity index (χ4n) is 1.81. The molecule has 2 rings (SSSR count). The van der Waals surface area contributed by atoms with Gasteiger partial charge >= 0.3 is 0 Å². The molecule has 0 spiro atoms. The molecule has 0 aromatic carbocycles. The number of anilines is 1. The van der Waals surface area contributed by atoms with E-state index in [9.17, 15) is 0 Å². The van der Waals surface area contributed by atoms with Gasteiger partial charge in [-0.25, -0.2) is 4.98 Å². The first kappa shape index (κ1) is 10.5. The molecule has 1 atom stereocenters. The number of nitrogens with zero attached hydrogens (tertiary/aromatic N) is 1. The molecular formula is C11H14ClN3. The number of hydrogen-bond donors (Lipinski definition) is 2. The maximum Gasteiger partial charge on any atom is 0.130 e. The summed E-state index contributed by atoms with van der Waals surface area (Å²) >= 11 is 5.89. The summed E-state index contributed by atoms with van der Waals surface area (Å²) < 4.78 is 0. The van der Waals surface area contributed by atoms with Gasteiger partial charge in [0, 0.05) is 17.8 Å². The lowest BCUT2D eigenvalue weighted by Gasteiger charge is -2.19. The summed E-state index contributed by atoms with van der Waals surface area (Å²) in [7, 11) is 0. The zero-order chi connectivity index (χ0) is 10.8. The first-order chi connectivity index (χ1) is 7.16. The number of halogens is 1. The standard InChI is InChI=1S/C11H14ClN3/c12-8-5-10(11(14)15-6-8)7-1-3-9(13)4-2-7/h1,5-6,9H,2-4,13H2,(H2,14,15). The van der Waals surface area contributed by atoms with Crippen molar-refractivity contribution in [3.05, 3.63) is 28.9 Å². The summed E-state index contributed by atoms with van der Waals surface area (Å²) in [6, 6.07) is 2.15. The highest BCUT2D eigenvalue weighted by Gasteiger charge is 2.14. The average molecular weight is 224 g/mol. The molecule has 1 unspecified atom stereocenters. The van der Waals surface area contributed by atoms with Gasteiger partial charge in [-0.1, -0.05) is 17.7 Å². The highest BCUT2D eigenvalue weighted by atomic mass is 35.5. The topological polar surface area (TPSA) is 64.9 Å². The Morgan fingerprint density at radius 1 is 1.47 bits per heavy atom. The number of allylic oxidation sites excluding steroid dienone is 1. The zero-order valence-electron chi connectivity index (χ0n) is 8.41. The summed E-state index contributed by atoms with van der Waals surface area (Å²) in [5, 5.41) is 0.620. The summed E-state index contributed by atoms with van der Waals surface area (Å²) in [6.07, 6.45) is 6.56. The first-order valence-electron chi connectivity index (χ1n) is 5.03. The molecule has 0 fully saturated rings. The molecule has 15 heavy (non-hydrogen) atoms. The van der Waals surface area contributed by atoms with Crippen molar-refractivity contribution >= 4 is 23.0 Å². The number of aromatic nitrogens is 1. The Hall–Kier alpha value is -1.06. The molecule has 0 bridgehead atoms. The van der Waals surface area contributed by atoms with Crippen LogP contribution in [-0.4, -0.2) is 11.0 Å². The van der Waals surface area contributed by atoms with Crippen molar-refractivity contribution in [2.45, 2.75) is 25.3 Å². The van der Waals surface area contributed by atoms with Gasteiger partial charge in [0.05, 0.1) is 5.02 Å². The van der Waals surface area contributed by atoms with Gasteiger partial charge in [0.2, 0.25) is 0 Å². The lowest BCUT2D eigenvalue weighted by atomic mass is 9.91.